The molecule has 3 heteroatoms. The maximum atomic E-state index is 11.0. The lowest BCUT2D eigenvalue weighted by Gasteiger charge is -1.99. The van der Waals surface area contributed by atoms with Crippen LogP contribution in [0.2, 0.25) is 0 Å². The molecule has 0 bridgehead atoms. The zero-order chi connectivity index (χ0) is 9.97. The van der Waals surface area contributed by atoms with Crippen LogP contribution in [0, 0.1) is 0 Å². The lowest BCUT2D eigenvalue weighted by atomic mass is 10.1. The number of fused-ring (bicyclic) bond motifs is 1. The third kappa shape index (κ3) is 1.57. The van der Waals surface area contributed by atoms with E-state index in [0.717, 1.165) is 22.8 Å². The molecule has 0 saturated heterocycles. The average Bonchev–Trinajstić information content (AvgIpc) is 2.19. The van der Waals surface area contributed by atoms with Crippen LogP contribution in [0.5, 0.6) is 0 Å². The van der Waals surface area contributed by atoms with E-state index in [2.05, 4.69) is 4.98 Å². The number of carbonyl (C=O) groups excluding carboxylic acids is 1. The number of hydrogen-bond acceptors (Lipinski definition) is 2. The molecule has 0 radical (unpaired) electrons. The quantitative estimate of drug-likeness (QED) is 0.720. The van der Waals surface area contributed by atoms with Crippen LogP contribution in [-0.4, -0.2) is 11.3 Å². The number of H-pyrrole nitrogens is 1. The first-order valence-corrected chi connectivity index (χ1v) is 4.35. The van der Waals surface area contributed by atoms with Gasteiger partial charge in [0, 0.05) is 18.0 Å². The number of carbonyl (C=O) groups is 1. The van der Waals surface area contributed by atoms with Crippen LogP contribution in [0.25, 0.3) is 10.9 Å². The molecule has 3 nitrogen and oxygen atoms in total. The molecule has 1 aromatic heterocycles. The van der Waals surface area contributed by atoms with E-state index in [1.54, 1.807) is 6.07 Å². The largest absolute Gasteiger partial charge is 0.322 e. The SMILES string of the molecule is O=CCc1ccc2[nH]c(=O)ccc2c1. The number of benzene rings is 1. The van der Waals surface area contributed by atoms with Crippen molar-refractivity contribution < 1.29 is 4.79 Å². The first-order valence-electron chi connectivity index (χ1n) is 4.35. The third-order valence-electron chi connectivity index (χ3n) is 2.11. The fourth-order valence-corrected chi connectivity index (χ4v) is 1.43. The monoisotopic (exact) mass is 187 g/mol. The van der Waals surface area contributed by atoms with Gasteiger partial charge in [0.15, 0.2) is 0 Å². The third-order valence-corrected chi connectivity index (χ3v) is 2.11. The Morgan fingerprint density at radius 1 is 1.21 bits per heavy atom. The molecule has 0 atom stereocenters. The van der Waals surface area contributed by atoms with Gasteiger partial charge in [0.05, 0.1) is 0 Å². The van der Waals surface area contributed by atoms with Gasteiger partial charge in [-0.2, -0.15) is 0 Å². The molecule has 1 N–H and O–H groups in total. The normalized spacial score (nSPS) is 10.3. The zero-order valence-electron chi connectivity index (χ0n) is 7.49. The Labute approximate surface area is 80.4 Å². The highest BCUT2D eigenvalue weighted by Gasteiger charge is 1.96. The van der Waals surface area contributed by atoms with Crippen molar-refractivity contribution in [2.24, 2.45) is 0 Å². The molecule has 1 heterocycles. The molecule has 1 aromatic carbocycles. The van der Waals surface area contributed by atoms with Gasteiger partial charge in [0.2, 0.25) is 5.56 Å². The number of aromatic nitrogens is 1. The minimum Gasteiger partial charge on any atom is -0.322 e. The summed E-state index contributed by atoms with van der Waals surface area (Å²) in [6.45, 7) is 0. The molecule has 2 aromatic rings. The smallest absolute Gasteiger partial charge is 0.248 e. The van der Waals surface area contributed by atoms with Crippen molar-refractivity contribution in [1.29, 1.82) is 0 Å². The highest BCUT2D eigenvalue weighted by atomic mass is 16.1. The van der Waals surface area contributed by atoms with Crippen LogP contribution >= 0.6 is 0 Å². The van der Waals surface area contributed by atoms with Crippen LogP contribution in [0.15, 0.2) is 35.1 Å². The summed E-state index contributed by atoms with van der Waals surface area (Å²) in [5, 5.41) is 0.948. The van der Waals surface area contributed by atoms with Crippen LogP contribution < -0.4 is 5.56 Å². The second-order valence-electron chi connectivity index (χ2n) is 3.11. The van der Waals surface area contributed by atoms with E-state index in [-0.39, 0.29) is 5.56 Å². The number of aromatic amines is 1. The summed E-state index contributed by atoms with van der Waals surface area (Å²) in [6.07, 6.45) is 1.28. The van der Waals surface area contributed by atoms with Crippen molar-refractivity contribution in [3.05, 3.63) is 46.2 Å². The molecule has 0 amide bonds. The molecule has 70 valence electrons. The fraction of sp³-hybridized carbons (Fsp3) is 0.0909. The Bertz CT molecular complexity index is 528. The summed E-state index contributed by atoms with van der Waals surface area (Å²) in [5.74, 6) is 0. The van der Waals surface area contributed by atoms with Crippen molar-refractivity contribution in [3.8, 4) is 0 Å². The predicted octanol–water partition coefficient (Wildman–Crippen LogP) is 1.27. The summed E-state index contributed by atoms with van der Waals surface area (Å²) in [5.41, 5.74) is 1.65. The lowest BCUT2D eigenvalue weighted by molar-refractivity contribution is -0.107. The predicted molar refractivity (Wildman–Crippen MR) is 54.3 cm³/mol. The lowest BCUT2D eigenvalue weighted by Crippen LogP contribution is -2.02. The fourth-order valence-electron chi connectivity index (χ4n) is 1.43. The second kappa shape index (κ2) is 3.46. The molecule has 2 rings (SSSR count). The zero-order valence-corrected chi connectivity index (χ0v) is 7.49. The van der Waals surface area contributed by atoms with E-state index in [1.165, 1.54) is 6.07 Å². The Kier molecular flexibility index (Phi) is 2.14. The number of aldehydes is 1. The Balaban J connectivity index is 2.61. The highest BCUT2D eigenvalue weighted by molar-refractivity contribution is 5.79. The molecule has 0 aliphatic rings. The van der Waals surface area contributed by atoms with Gasteiger partial charge >= 0.3 is 0 Å². The van der Waals surface area contributed by atoms with E-state index < -0.39 is 0 Å². The van der Waals surface area contributed by atoms with Crippen molar-refractivity contribution >= 4 is 17.2 Å². The molecule has 0 spiro atoms. The van der Waals surface area contributed by atoms with Gasteiger partial charge in [-0.1, -0.05) is 6.07 Å². The molecular formula is C11H9NO2. The van der Waals surface area contributed by atoms with E-state index in [4.69, 9.17) is 0 Å². The molecule has 0 aliphatic carbocycles. The van der Waals surface area contributed by atoms with Gasteiger partial charge in [-0.05, 0) is 29.1 Å². The van der Waals surface area contributed by atoms with E-state index in [0.29, 0.717) is 6.42 Å². The van der Waals surface area contributed by atoms with Gasteiger partial charge in [-0.3, -0.25) is 4.79 Å². The first kappa shape index (κ1) is 8.69. The second-order valence-corrected chi connectivity index (χ2v) is 3.11. The molecule has 0 saturated carbocycles. The van der Waals surface area contributed by atoms with E-state index >= 15 is 0 Å². The van der Waals surface area contributed by atoms with Crippen molar-refractivity contribution in [1.82, 2.24) is 4.98 Å². The molecular weight excluding hydrogens is 178 g/mol. The van der Waals surface area contributed by atoms with Gasteiger partial charge < -0.3 is 9.78 Å². The number of hydrogen-bond donors (Lipinski definition) is 1. The van der Waals surface area contributed by atoms with Crippen LogP contribution in [0.4, 0.5) is 0 Å². The molecule has 14 heavy (non-hydrogen) atoms. The summed E-state index contributed by atoms with van der Waals surface area (Å²) in [7, 11) is 0. The van der Waals surface area contributed by atoms with Crippen molar-refractivity contribution in [2.45, 2.75) is 6.42 Å². The van der Waals surface area contributed by atoms with Crippen LogP contribution in [-0.2, 0) is 11.2 Å². The van der Waals surface area contributed by atoms with Crippen LogP contribution in [0.3, 0.4) is 0 Å². The summed E-state index contributed by atoms with van der Waals surface area (Å²) >= 11 is 0. The van der Waals surface area contributed by atoms with Crippen molar-refractivity contribution in [3.63, 3.8) is 0 Å². The van der Waals surface area contributed by atoms with Gasteiger partial charge in [-0.25, -0.2) is 0 Å². The average molecular weight is 187 g/mol. The first-order chi connectivity index (χ1) is 6.79. The number of rotatable bonds is 2. The Morgan fingerprint density at radius 3 is 2.86 bits per heavy atom. The maximum absolute atomic E-state index is 11.0. The number of nitrogens with one attached hydrogen (secondary N) is 1. The van der Waals surface area contributed by atoms with Gasteiger partial charge in [0.25, 0.3) is 0 Å². The molecule has 0 unspecified atom stereocenters. The standard InChI is InChI=1S/C11H9NO2/c13-6-5-8-1-3-10-9(7-8)2-4-11(14)12-10/h1-4,6-7H,5H2,(H,12,14). The van der Waals surface area contributed by atoms with E-state index in [9.17, 15) is 9.59 Å². The highest BCUT2D eigenvalue weighted by Crippen LogP contribution is 2.11. The van der Waals surface area contributed by atoms with E-state index in [1.807, 2.05) is 18.2 Å². The summed E-state index contributed by atoms with van der Waals surface area (Å²) in [4.78, 5) is 24.0. The van der Waals surface area contributed by atoms with Gasteiger partial charge in [0.1, 0.15) is 6.29 Å². The van der Waals surface area contributed by atoms with Gasteiger partial charge in [-0.15, -0.1) is 0 Å². The summed E-state index contributed by atoms with van der Waals surface area (Å²) < 4.78 is 0. The maximum Gasteiger partial charge on any atom is 0.248 e. The van der Waals surface area contributed by atoms with Crippen LogP contribution in [0.1, 0.15) is 5.56 Å². The molecule has 0 fully saturated rings. The minimum absolute atomic E-state index is 0.111. The molecule has 0 aliphatic heterocycles. The summed E-state index contributed by atoms with van der Waals surface area (Å²) in [6, 6.07) is 8.79. The minimum atomic E-state index is -0.111. The Morgan fingerprint density at radius 2 is 2.07 bits per heavy atom. The topological polar surface area (TPSA) is 49.9 Å². The van der Waals surface area contributed by atoms with Crippen molar-refractivity contribution in [2.75, 3.05) is 0 Å². The Hall–Kier alpha value is -1.90. The number of pyridine rings is 1.